The van der Waals surface area contributed by atoms with E-state index < -0.39 is 10.0 Å². The maximum absolute atomic E-state index is 12.6. The molecule has 2 aromatic rings. The zero-order chi connectivity index (χ0) is 20.9. The predicted octanol–water partition coefficient (Wildman–Crippen LogP) is 3.57. The standard InChI is InChI=1S/C22H29N3O3S/c1-3-25(4-2)29(27,28)21-12-10-19(11-13-21)23-22(26)18-14-16-24(17-15-18)20-8-6-5-7-9-20/h5-13,18H,3-4,14-17H2,1-2H3,(H,23,26). The van der Waals surface area contributed by atoms with Crippen molar-refractivity contribution in [3.05, 3.63) is 54.6 Å². The van der Waals surface area contributed by atoms with Crippen LogP contribution in [-0.2, 0) is 14.8 Å². The molecule has 1 aliphatic rings. The lowest BCUT2D eigenvalue weighted by Gasteiger charge is -2.33. The van der Waals surface area contributed by atoms with Gasteiger partial charge in [-0.25, -0.2) is 8.42 Å². The molecule has 6 nitrogen and oxygen atoms in total. The summed E-state index contributed by atoms with van der Waals surface area (Å²) in [5, 5.41) is 2.94. The summed E-state index contributed by atoms with van der Waals surface area (Å²) < 4.78 is 26.5. The summed E-state index contributed by atoms with van der Waals surface area (Å²) in [6, 6.07) is 16.7. The highest BCUT2D eigenvalue weighted by Gasteiger charge is 2.25. The highest BCUT2D eigenvalue weighted by Crippen LogP contribution is 2.25. The van der Waals surface area contributed by atoms with Crippen molar-refractivity contribution < 1.29 is 13.2 Å². The Morgan fingerprint density at radius 2 is 1.59 bits per heavy atom. The van der Waals surface area contributed by atoms with Crippen molar-refractivity contribution in [1.82, 2.24) is 4.31 Å². The highest BCUT2D eigenvalue weighted by atomic mass is 32.2. The Labute approximate surface area is 173 Å². The van der Waals surface area contributed by atoms with Crippen LogP contribution in [0.5, 0.6) is 0 Å². The van der Waals surface area contributed by atoms with Gasteiger partial charge in [-0.05, 0) is 49.2 Å². The van der Waals surface area contributed by atoms with E-state index in [4.69, 9.17) is 0 Å². The average Bonchev–Trinajstić information content (AvgIpc) is 2.75. The van der Waals surface area contributed by atoms with Crippen LogP contribution in [0.4, 0.5) is 11.4 Å². The molecule has 0 aliphatic carbocycles. The van der Waals surface area contributed by atoms with Gasteiger partial charge in [-0.1, -0.05) is 32.0 Å². The first-order valence-corrected chi connectivity index (χ1v) is 11.6. The first-order chi connectivity index (χ1) is 14.0. The highest BCUT2D eigenvalue weighted by molar-refractivity contribution is 7.89. The third-order valence-corrected chi connectivity index (χ3v) is 7.52. The number of rotatable bonds is 7. The minimum absolute atomic E-state index is 0.00272. The Morgan fingerprint density at radius 3 is 2.14 bits per heavy atom. The van der Waals surface area contributed by atoms with Crippen LogP contribution >= 0.6 is 0 Å². The lowest BCUT2D eigenvalue weighted by atomic mass is 9.95. The van der Waals surface area contributed by atoms with Gasteiger partial charge in [0.1, 0.15) is 0 Å². The van der Waals surface area contributed by atoms with Gasteiger partial charge >= 0.3 is 0 Å². The average molecular weight is 416 g/mol. The number of hydrogen-bond donors (Lipinski definition) is 1. The van der Waals surface area contributed by atoms with Crippen LogP contribution in [0, 0.1) is 5.92 Å². The van der Waals surface area contributed by atoms with Crippen molar-refractivity contribution >= 4 is 27.3 Å². The second kappa shape index (κ2) is 9.41. The zero-order valence-corrected chi connectivity index (χ0v) is 17.9. The Hall–Kier alpha value is -2.38. The SMILES string of the molecule is CCN(CC)S(=O)(=O)c1ccc(NC(=O)C2CCN(c3ccccc3)CC2)cc1. The van der Waals surface area contributed by atoms with Crippen molar-refractivity contribution in [3.8, 4) is 0 Å². The molecule has 3 rings (SSSR count). The molecule has 0 spiro atoms. The lowest BCUT2D eigenvalue weighted by Crippen LogP contribution is -2.38. The fourth-order valence-electron chi connectivity index (χ4n) is 3.71. The summed E-state index contributed by atoms with van der Waals surface area (Å²) in [5.41, 5.74) is 1.82. The van der Waals surface area contributed by atoms with Gasteiger partial charge in [0.2, 0.25) is 15.9 Å². The van der Waals surface area contributed by atoms with Gasteiger partial charge in [-0.2, -0.15) is 4.31 Å². The zero-order valence-electron chi connectivity index (χ0n) is 17.0. The molecule has 7 heteroatoms. The van der Waals surface area contributed by atoms with Gasteiger partial charge in [0.15, 0.2) is 0 Å². The normalized spacial score (nSPS) is 15.5. The number of piperidine rings is 1. The third-order valence-electron chi connectivity index (χ3n) is 5.45. The van der Waals surface area contributed by atoms with E-state index in [0.29, 0.717) is 18.8 Å². The number of nitrogens with zero attached hydrogens (tertiary/aromatic N) is 2. The Kier molecular flexibility index (Phi) is 6.92. The minimum Gasteiger partial charge on any atom is -0.371 e. The number of carbonyl (C=O) groups is 1. The Bertz CT molecular complexity index is 902. The first kappa shape index (κ1) is 21.3. The van der Waals surface area contributed by atoms with Crippen LogP contribution in [0.1, 0.15) is 26.7 Å². The smallest absolute Gasteiger partial charge is 0.243 e. The third kappa shape index (κ3) is 4.97. The van der Waals surface area contributed by atoms with E-state index >= 15 is 0 Å². The van der Waals surface area contributed by atoms with Gasteiger partial charge in [-0.3, -0.25) is 4.79 Å². The quantitative estimate of drug-likeness (QED) is 0.751. The number of amides is 1. The predicted molar refractivity (Wildman–Crippen MR) is 117 cm³/mol. The molecule has 0 saturated carbocycles. The molecule has 1 amide bonds. The molecule has 1 aliphatic heterocycles. The minimum atomic E-state index is -3.48. The molecule has 0 bridgehead atoms. The fourth-order valence-corrected chi connectivity index (χ4v) is 5.16. The molecule has 1 heterocycles. The van der Waals surface area contributed by atoms with Gasteiger partial charge in [0.25, 0.3) is 0 Å². The summed E-state index contributed by atoms with van der Waals surface area (Å²) >= 11 is 0. The number of anilines is 2. The second-order valence-corrected chi connectivity index (χ2v) is 9.14. The molecule has 29 heavy (non-hydrogen) atoms. The molecule has 0 atom stereocenters. The van der Waals surface area contributed by atoms with Crippen LogP contribution in [0.2, 0.25) is 0 Å². The van der Waals surface area contributed by atoms with E-state index in [1.54, 1.807) is 24.3 Å². The van der Waals surface area contributed by atoms with E-state index in [0.717, 1.165) is 25.9 Å². The monoisotopic (exact) mass is 415 g/mol. The van der Waals surface area contributed by atoms with Crippen molar-refractivity contribution in [1.29, 1.82) is 0 Å². The molecule has 156 valence electrons. The number of carbonyl (C=O) groups excluding carboxylic acids is 1. The largest absolute Gasteiger partial charge is 0.371 e. The van der Waals surface area contributed by atoms with Crippen molar-refractivity contribution in [2.24, 2.45) is 5.92 Å². The number of benzene rings is 2. The molecular formula is C22H29N3O3S. The van der Waals surface area contributed by atoms with E-state index in [9.17, 15) is 13.2 Å². The van der Waals surface area contributed by atoms with Crippen LogP contribution in [0.15, 0.2) is 59.5 Å². The fraction of sp³-hybridized carbons (Fsp3) is 0.409. The summed E-state index contributed by atoms with van der Waals surface area (Å²) in [4.78, 5) is 15.2. The van der Waals surface area contributed by atoms with Gasteiger partial charge < -0.3 is 10.2 Å². The van der Waals surface area contributed by atoms with E-state index in [2.05, 4.69) is 22.3 Å². The van der Waals surface area contributed by atoms with Gasteiger partial charge in [0.05, 0.1) is 4.90 Å². The van der Waals surface area contributed by atoms with E-state index in [-0.39, 0.29) is 16.7 Å². The number of hydrogen-bond acceptors (Lipinski definition) is 4. The van der Waals surface area contributed by atoms with Gasteiger partial charge in [-0.15, -0.1) is 0 Å². The van der Waals surface area contributed by atoms with Crippen LogP contribution in [0.3, 0.4) is 0 Å². The number of para-hydroxylation sites is 1. The van der Waals surface area contributed by atoms with Crippen LogP contribution < -0.4 is 10.2 Å². The molecule has 0 unspecified atom stereocenters. The maximum atomic E-state index is 12.6. The Balaban J connectivity index is 1.58. The topological polar surface area (TPSA) is 69.7 Å². The summed E-state index contributed by atoms with van der Waals surface area (Å²) in [7, 11) is -3.48. The second-order valence-electron chi connectivity index (χ2n) is 7.20. The maximum Gasteiger partial charge on any atom is 0.243 e. The summed E-state index contributed by atoms with van der Waals surface area (Å²) in [6.07, 6.45) is 1.60. The van der Waals surface area contributed by atoms with Crippen molar-refractivity contribution in [3.63, 3.8) is 0 Å². The molecular weight excluding hydrogens is 386 g/mol. The van der Waals surface area contributed by atoms with Gasteiger partial charge in [0, 0.05) is 43.5 Å². The Morgan fingerprint density at radius 1 is 1.00 bits per heavy atom. The molecule has 1 fully saturated rings. The number of nitrogens with one attached hydrogen (secondary N) is 1. The van der Waals surface area contributed by atoms with Crippen LogP contribution in [0.25, 0.3) is 0 Å². The lowest BCUT2D eigenvalue weighted by molar-refractivity contribution is -0.120. The molecule has 2 aromatic carbocycles. The van der Waals surface area contributed by atoms with E-state index in [1.807, 2.05) is 32.0 Å². The molecule has 0 radical (unpaired) electrons. The summed E-state index contributed by atoms with van der Waals surface area (Å²) in [5.74, 6) is -0.0360. The van der Waals surface area contributed by atoms with Crippen molar-refractivity contribution in [2.45, 2.75) is 31.6 Å². The van der Waals surface area contributed by atoms with Crippen LogP contribution in [-0.4, -0.2) is 44.8 Å². The first-order valence-electron chi connectivity index (χ1n) is 10.2. The molecule has 0 aromatic heterocycles. The van der Waals surface area contributed by atoms with Crippen molar-refractivity contribution in [2.75, 3.05) is 36.4 Å². The molecule has 1 N–H and O–H groups in total. The summed E-state index contributed by atoms with van der Waals surface area (Å²) in [6.45, 7) is 6.20. The molecule has 1 saturated heterocycles. The van der Waals surface area contributed by atoms with E-state index in [1.165, 1.54) is 9.99 Å². The number of sulfonamides is 1.